The fraction of sp³-hybridized carbons (Fsp3) is 0.867. The minimum Gasteiger partial charge on any atom is -0.356 e. The number of unbranched alkanes of at least 4 members (excludes halogenated alkanes) is 1. The number of rotatable bonds is 6. The van der Waals surface area contributed by atoms with Gasteiger partial charge in [-0.25, -0.2) is 0 Å². The highest BCUT2D eigenvalue weighted by Crippen LogP contribution is 2.20. The molecule has 1 fully saturated rings. The molecule has 0 spiro atoms. The molecular formula is C15H29N3O2. The van der Waals surface area contributed by atoms with Crippen LogP contribution in [0.15, 0.2) is 0 Å². The molecule has 1 unspecified atom stereocenters. The lowest BCUT2D eigenvalue weighted by Gasteiger charge is -2.36. The zero-order chi connectivity index (χ0) is 15.2. The minimum absolute atomic E-state index is 0.00448. The molecule has 1 aliphatic heterocycles. The first-order valence-corrected chi connectivity index (χ1v) is 7.78. The van der Waals surface area contributed by atoms with Gasteiger partial charge in [0.25, 0.3) is 0 Å². The number of nitrogens with one attached hydrogen (secondary N) is 1. The molecule has 1 aliphatic rings. The van der Waals surface area contributed by atoms with Gasteiger partial charge in [-0.3, -0.25) is 9.59 Å². The number of carbonyl (C=O) groups excluding carboxylic acids is 2. The monoisotopic (exact) mass is 283 g/mol. The van der Waals surface area contributed by atoms with Crippen molar-refractivity contribution in [2.75, 3.05) is 19.6 Å². The summed E-state index contributed by atoms with van der Waals surface area (Å²) in [4.78, 5) is 26.0. The van der Waals surface area contributed by atoms with Gasteiger partial charge in [0.05, 0.1) is 5.54 Å². The van der Waals surface area contributed by atoms with Crippen molar-refractivity contribution >= 4 is 11.8 Å². The van der Waals surface area contributed by atoms with Crippen LogP contribution in [-0.2, 0) is 9.59 Å². The van der Waals surface area contributed by atoms with Crippen molar-refractivity contribution < 1.29 is 9.59 Å². The van der Waals surface area contributed by atoms with Gasteiger partial charge in [0.2, 0.25) is 11.8 Å². The average Bonchev–Trinajstić information content (AvgIpc) is 2.46. The van der Waals surface area contributed by atoms with E-state index >= 15 is 0 Å². The fourth-order valence-corrected chi connectivity index (χ4v) is 2.39. The highest BCUT2D eigenvalue weighted by molar-refractivity contribution is 5.86. The number of piperidine rings is 1. The molecule has 0 bridgehead atoms. The molecule has 2 amide bonds. The first-order valence-electron chi connectivity index (χ1n) is 7.78. The Morgan fingerprint density at radius 2 is 1.90 bits per heavy atom. The molecule has 5 nitrogen and oxygen atoms in total. The number of hydrogen-bond donors (Lipinski definition) is 2. The Labute approximate surface area is 122 Å². The molecule has 1 rings (SSSR count). The summed E-state index contributed by atoms with van der Waals surface area (Å²) >= 11 is 0. The summed E-state index contributed by atoms with van der Waals surface area (Å²) in [6.07, 6.45) is 4.21. The molecule has 20 heavy (non-hydrogen) atoms. The number of hydrogen-bond acceptors (Lipinski definition) is 3. The molecule has 0 aromatic heterocycles. The molecule has 0 radical (unpaired) electrons. The van der Waals surface area contributed by atoms with Gasteiger partial charge in [-0.15, -0.1) is 0 Å². The third-order valence-corrected chi connectivity index (χ3v) is 4.21. The van der Waals surface area contributed by atoms with E-state index in [1.54, 1.807) is 11.8 Å². The third-order valence-electron chi connectivity index (χ3n) is 4.21. The van der Waals surface area contributed by atoms with Gasteiger partial charge in [-0.1, -0.05) is 20.3 Å². The van der Waals surface area contributed by atoms with Gasteiger partial charge < -0.3 is 16.0 Å². The van der Waals surface area contributed by atoms with Crippen molar-refractivity contribution in [2.24, 2.45) is 11.7 Å². The summed E-state index contributed by atoms with van der Waals surface area (Å²) in [5, 5.41) is 2.97. The zero-order valence-corrected chi connectivity index (χ0v) is 13.1. The van der Waals surface area contributed by atoms with Crippen LogP contribution >= 0.6 is 0 Å². The van der Waals surface area contributed by atoms with Gasteiger partial charge in [0.15, 0.2) is 0 Å². The number of nitrogens with two attached hydrogens (primary N) is 1. The highest BCUT2D eigenvalue weighted by atomic mass is 16.2. The molecule has 0 aromatic rings. The molecule has 0 aliphatic carbocycles. The van der Waals surface area contributed by atoms with E-state index in [0.717, 1.165) is 32.2 Å². The second kappa shape index (κ2) is 7.62. The average molecular weight is 283 g/mol. The Kier molecular flexibility index (Phi) is 6.46. The summed E-state index contributed by atoms with van der Waals surface area (Å²) in [6.45, 7) is 7.83. The number of nitrogens with zero attached hydrogens (tertiary/aromatic N) is 1. The van der Waals surface area contributed by atoms with E-state index < -0.39 is 5.54 Å². The third kappa shape index (κ3) is 4.47. The van der Waals surface area contributed by atoms with Gasteiger partial charge in [-0.05, 0) is 32.6 Å². The predicted octanol–water partition coefficient (Wildman–Crippen LogP) is 1.27. The van der Waals surface area contributed by atoms with E-state index in [1.165, 1.54) is 0 Å². The largest absolute Gasteiger partial charge is 0.356 e. The first kappa shape index (κ1) is 17.0. The fourth-order valence-electron chi connectivity index (χ4n) is 2.39. The van der Waals surface area contributed by atoms with E-state index in [-0.39, 0.29) is 17.7 Å². The SMILES string of the molecule is CCCCNC(=O)C1CCN(C(=O)C(C)(N)CC)CC1. The van der Waals surface area contributed by atoms with E-state index in [1.807, 2.05) is 6.92 Å². The van der Waals surface area contributed by atoms with Crippen molar-refractivity contribution in [2.45, 2.75) is 58.4 Å². The Balaban J connectivity index is 2.40. The quantitative estimate of drug-likeness (QED) is 0.721. The number of carbonyl (C=O) groups is 2. The van der Waals surface area contributed by atoms with Crippen molar-refractivity contribution in [3.63, 3.8) is 0 Å². The van der Waals surface area contributed by atoms with Gasteiger partial charge in [0.1, 0.15) is 0 Å². The lowest BCUT2D eigenvalue weighted by atomic mass is 9.92. The van der Waals surface area contributed by atoms with E-state index in [2.05, 4.69) is 12.2 Å². The van der Waals surface area contributed by atoms with Crippen LogP contribution < -0.4 is 11.1 Å². The second-order valence-corrected chi connectivity index (χ2v) is 5.98. The summed E-state index contributed by atoms with van der Waals surface area (Å²) < 4.78 is 0. The van der Waals surface area contributed by atoms with Crippen molar-refractivity contribution in [3.05, 3.63) is 0 Å². The Morgan fingerprint density at radius 3 is 2.40 bits per heavy atom. The van der Waals surface area contributed by atoms with E-state index in [4.69, 9.17) is 5.73 Å². The van der Waals surface area contributed by atoms with Crippen LogP contribution in [0.25, 0.3) is 0 Å². The maximum absolute atomic E-state index is 12.2. The van der Waals surface area contributed by atoms with Gasteiger partial charge in [0, 0.05) is 25.6 Å². The van der Waals surface area contributed by atoms with Crippen LogP contribution in [0, 0.1) is 5.92 Å². The first-order chi connectivity index (χ1) is 9.42. The summed E-state index contributed by atoms with van der Waals surface area (Å²) in [6, 6.07) is 0. The van der Waals surface area contributed by atoms with E-state index in [9.17, 15) is 9.59 Å². The molecule has 1 saturated heterocycles. The molecule has 3 N–H and O–H groups in total. The number of amides is 2. The van der Waals surface area contributed by atoms with E-state index in [0.29, 0.717) is 19.5 Å². The van der Waals surface area contributed by atoms with Crippen molar-refractivity contribution in [3.8, 4) is 0 Å². The van der Waals surface area contributed by atoms with Crippen LogP contribution in [0.1, 0.15) is 52.9 Å². The molecule has 1 atom stereocenters. The van der Waals surface area contributed by atoms with Crippen LogP contribution in [0.4, 0.5) is 0 Å². The Hall–Kier alpha value is -1.10. The van der Waals surface area contributed by atoms with Gasteiger partial charge >= 0.3 is 0 Å². The topological polar surface area (TPSA) is 75.4 Å². The maximum atomic E-state index is 12.2. The van der Waals surface area contributed by atoms with Crippen LogP contribution in [-0.4, -0.2) is 41.9 Å². The van der Waals surface area contributed by atoms with Crippen LogP contribution in [0.5, 0.6) is 0 Å². The Morgan fingerprint density at radius 1 is 1.30 bits per heavy atom. The lowest BCUT2D eigenvalue weighted by molar-refractivity contribution is -0.140. The smallest absolute Gasteiger partial charge is 0.242 e. The molecule has 0 aromatic carbocycles. The number of likely N-dealkylation sites (tertiary alicyclic amines) is 1. The molecular weight excluding hydrogens is 254 g/mol. The standard InChI is InChI=1S/C15H29N3O2/c1-4-6-9-17-13(19)12-7-10-18(11-8-12)14(20)15(3,16)5-2/h12H,4-11,16H2,1-3H3,(H,17,19). The maximum Gasteiger partial charge on any atom is 0.242 e. The van der Waals surface area contributed by atoms with Crippen molar-refractivity contribution in [1.29, 1.82) is 0 Å². The summed E-state index contributed by atoms with van der Waals surface area (Å²) in [5.74, 6) is 0.183. The van der Waals surface area contributed by atoms with Crippen molar-refractivity contribution in [1.82, 2.24) is 10.2 Å². The molecule has 0 saturated carbocycles. The summed E-state index contributed by atoms with van der Waals surface area (Å²) in [5.41, 5.74) is 5.21. The minimum atomic E-state index is -0.782. The second-order valence-electron chi connectivity index (χ2n) is 5.98. The lowest BCUT2D eigenvalue weighted by Crippen LogP contribution is -2.55. The highest BCUT2D eigenvalue weighted by Gasteiger charge is 2.34. The Bertz CT molecular complexity index is 334. The van der Waals surface area contributed by atoms with Crippen LogP contribution in [0.2, 0.25) is 0 Å². The summed E-state index contributed by atoms with van der Waals surface area (Å²) in [7, 11) is 0. The molecule has 1 heterocycles. The normalized spacial score (nSPS) is 19.5. The van der Waals surface area contributed by atoms with Crippen LogP contribution in [0.3, 0.4) is 0 Å². The predicted molar refractivity (Wildman–Crippen MR) is 80.1 cm³/mol. The zero-order valence-electron chi connectivity index (χ0n) is 13.1. The molecule has 5 heteroatoms. The van der Waals surface area contributed by atoms with Gasteiger partial charge in [-0.2, -0.15) is 0 Å². The molecule has 116 valence electrons.